The van der Waals surface area contributed by atoms with E-state index in [2.05, 4.69) is 4.98 Å². The van der Waals surface area contributed by atoms with Gasteiger partial charge in [0.1, 0.15) is 11.3 Å². The maximum Gasteiger partial charge on any atom is 0.270 e. The highest BCUT2D eigenvalue weighted by atomic mass is 32.1. The zero-order chi connectivity index (χ0) is 17.4. The molecule has 0 spiro atoms. The van der Waals surface area contributed by atoms with Crippen LogP contribution in [0.4, 0.5) is 13.9 Å². The standard InChI is InChI=1S/C17H14F2N2O2S2/c18-10-7-12(19)15-14(8-10)25-17(20-15)21(9-11-3-1-5-23-11)16(22)13-4-2-6-24-13/h2,4,6-8,11H,1,3,5,9H2. The van der Waals surface area contributed by atoms with E-state index < -0.39 is 11.6 Å². The van der Waals surface area contributed by atoms with Gasteiger partial charge >= 0.3 is 0 Å². The monoisotopic (exact) mass is 380 g/mol. The summed E-state index contributed by atoms with van der Waals surface area (Å²) in [6.07, 6.45) is 1.74. The van der Waals surface area contributed by atoms with Crippen LogP contribution in [-0.4, -0.2) is 30.1 Å². The summed E-state index contributed by atoms with van der Waals surface area (Å²) in [5.41, 5.74) is 0.0812. The largest absolute Gasteiger partial charge is 0.376 e. The molecule has 1 saturated heterocycles. The SMILES string of the molecule is O=C(c1cccs1)N(CC1CCCO1)c1nc2c(F)cc(F)cc2s1. The molecule has 1 unspecified atom stereocenters. The lowest BCUT2D eigenvalue weighted by Crippen LogP contribution is -2.37. The molecule has 0 bridgehead atoms. The molecule has 25 heavy (non-hydrogen) atoms. The van der Waals surface area contributed by atoms with Gasteiger partial charge in [0.15, 0.2) is 10.9 Å². The Balaban J connectivity index is 1.74. The molecule has 130 valence electrons. The zero-order valence-electron chi connectivity index (χ0n) is 13.1. The van der Waals surface area contributed by atoms with Gasteiger partial charge in [-0.15, -0.1) is 11.3 Å². The van der Waals surface area contributed by atoms with Crippen molar-refractivity contribution in [3.05, 3.63) is 46.2 Å². The molecule has 1 aromatic carbocycles. The van der Waals surface area contributed by atoms with Crippen LogP contribution in [0, 0.1) is 11.6 Å². The lowest BCUT2D eigenvalue weighted by Gasteiger charge is -2.22. The Labute approximate surface area is 150 Å². The molecule has 1 atom stereocenters. The number of carbonyl (C=O) groups is 1. The van der Waals surface area contributed by atoms with Crippen LogP contribution in [0.5, 0.6) is 0 Å². The van der Waals surface area contributed by atoms with E-state index >= 15 is 0 Å². The Morgan fingerprint density at radius 1 is 1.40 bits per heavy atom. The number of nitrogens with zero attached hydrogens (tertiary/aromatic N) is 2. The third-order valence-electron chi connectivity index (χ3n) is 4.02. The highest BCUT2D eigenvalue weighted by Gasteiger charge is 2.28. The predicted octanol–water partition coefficient (Wildman–Crippen LogP) is 4.46. The average Bonchev–Trinajstić information content (AvgIpc) is 3.32. The van der Waals surface area contributed by atoms with Gasteiger partial charge in [-0.05, 0) is 30.4 Å². The number of benzene rings is 1. The van der Waals surface area contributed by atoms with Gasteiger partial charge in [-0.25, -0.2) is 13.8 Å². The molecule has 1 amide bonds. The van der Waals surface area contributed by atoms with E-state index in [1.54, 1.807) is 12.1 Å². The maximum absolute atomic E-state index is 14.0. The molecular formula is C17H14F2N2O2S2. The number of hydrogen-bond donors (Lipinski definition) is 0. The molecular weight excluding hydrogens is 366 g/mol. The summed E-state index contributed by atoms with van der Waals surface area (Å²) in [5, 5.41) is 2.18. The van der Waals surface area contributed by atoms with E-state index in [4.69, 9.17) is 4.74 Å². The Hall–Kier alpha value is -1.90. The molecule has 0 N–H and O–H groups in total. The molecule has 3 aromatic rings. The van der Waals surface area contributed by atoms with E-state index in [9.17, 15) is 13.6 Å². The molecule has 4 rings (SSSR count). The van der Waals surface area contributed by atoms with Crippen LogP contribution >= 0.6 is 22.7 Å². The van der Waals surface area contributed by atoms with Crippen LogP contribution in [-0.2, 0) is 4.74 Å². The fraction of sp³-hybridized carbons (Fsp3) is 0.294. The number of rotatable bonds is 4. The van der Waals surface area contributed by atoms with Gasteiger partial charge in [0.05, 0.1) is 22.2 Å². The Morgan fingerprint density at radius 2 is 2.28 bits per heavy atom. The third kappa shape index (κ3) is 3.29. The molecule has 1 aliphatic heterocycles. The number of thiazole rings is 1. The number of aromatic nitrogens is 1. The second-order valence-corrected chi connectivity index (χ2v) is 7.72. The first-order chi connectivity index (χ1) is 12.1. The van der Waals surface area contributed by atoms with Crippen LogP contribution in [0.3, 0.4) is 0 Å². The number of amides is 1. The number of ether oxygens (including phenoxy) is 1. The fourth-order valence-electron chi connectivity index (χ4n) is 2.83. The van der Waals surface area contributed by atoms with Crippen LogP contribution < -0.4 is 4.90 Å². The van der Waals surface area contributed by atoms with Gasteiger partial charge in [0, 0.05) is 12.7 Å². The Morgan fingerprint density at radius 3 is 3.00 bits per heavy atom. The van der Waals surface area contributed by atoms with Crippen molar-refractivity contribution in [2.75, 3.05) is 18.1 Å². The van der Waals surface area contributed by atoms with Gasteiger partial charge in [-0.1, -0.05) is 17.4 Å². The first kappa shape index (κ1) is 16.6. The first-order valence-corrected chi connectivity index (χ1v) is 9.54. The summed E-state index contributed by atoms with van der Waals surface area (Å²) in [4.78, 5) is 19.3. The molecule has 0 aliphatic carbocycles. The van der Waals surface area contributed by atoms with E-state index in [0.29, 0.717) is 27.9 Å². The van der Waals surface area contributed by atoms with Crippen molar-refractivity contribution in [1.29, 1.82) is 0 Å². The number of thiophene rings is 1. The van der Waals surface area contributed by atoms with E-state index in [0.717, 1.165) is 30.2 Å². The minimum atomic E-state index is -0.724. The number of halogens is 2. The molecule has 1 aliphatic rings. The minimum Gasteiger partial charge on any atom is -0.376 e. The Kier molecular flexibility index (Phi) is 4.49. The number of carbonyl (C=O) groups excluding carboxylic acids is 1. The van der Waals surface area contributed by atoms with E-state index in [1.807, 2.05) is 5.38 Å². The average molecular weight is 380 g/mol. The van der Waals surface area contributed by atoms with Crippen LogP contribution in [0.15, 0.2) is 29.6 Å². The molecule has 3 heterocycles. The summed E-state index contributed by atoms with van der Waals surface area (Å²) in [5.74, 6) is -1.58. The van der Waals surface area contributed by atoms with Gasteiger partial charge < -0.3 is 4.74 Å². The Bertz CT molecular complexity index is 905. The van der Waals surface area contributed by atoms with Gasteiger partial charge in [-0.3, -0.25) is 9.69 Å². The highest BCUT2D eigenvalue weighted by molar-refractivity contribution is 7.22. The summed E-state index contributed by atoms with van der Waals surface area (Å²) < 4.78 is 33.5. The molecule has 2 aromatic heterocycles. The van der Waals surface area contributed by atoms with Crippen molar-refractivity contribution in [3.8, 4) is 0 Å². The van der Waals surface area contributed by atoms with Crippen LogP contribution in [0.1, 0.15) is 22.5 Å². The van der Waals surface area contributed by atoms with E-state index in [-0.39, 0.29) is 17.5 Å². The van der Waals surface area contributed by atoms with Crippen LogP contribution in [0.25, 0.3) is 10.2 Å². The zero-order valence-corrected chi connectivity index (χ0v) is 14.7. The topological polar surface area (TPSA) is 42.4 Å². The summed E-state index contributed by atoms with van der Waals surface area (Å²) in [6, 6.07) is 5.58. The lowest BCUT2D eigenvalue weighted by molar-refractivity contribution is 0.0920. The third-order valence-corrected chi connectivity index (χ3v) is 5.90. The molecule has 8 heteroatoms. The van der Waals surface area contributed by atoms with Gasteiger partial charge in [0.2, 0.25) is 0 Å². The van der Waals surface area contributed by atoms with Crippen molar-refractivity contribution >= 4 is 43.9 Å². The number of anilines is 1. The molecule has 4 nitrogen and oxygen atoms in total. The normalized spacial score (nSPS) is 17.3. The quantitative estimate of drug-likeness (QED) is 0.671. The summed E-state index contributed by atoms with van der Waals surface area (Å²) in [6.45, 7) is 1.02. The maximum atomic E-state index is 14.0. The minimum absolute atomic E-state index is 0.0718. The van der Waals surface area contributed by atoms with Gasteiger partial charge in [0.25, 0.3) is 5.91 Å². The summed E-state index contributed by atoms with van der Waals surface area (Å²) >= 11 is 2.44. The van der Waals surface area contributed by atoms with Crippen molar-refractivity contribution in [2.45, 2.75) is 18.9 Å². The smallest absolute Gasteiger partial charge is 0.270 e. The second-order valence-electron chi connectivity index (χ2n) is 5.76. The number of fused-ring (bicyclic) bond motifs is 1. The van der Waals surface area contributed by atoms with Crippen LogP contribution in [0.2, 0.25) is 0 Å². The van der Waals surface area contributed by atoms with Crippen molar-refractivity contribution in [3.63, 3.8) is 0 Å². The molecule has 0 saturated carbocycles. The lowest BCUT2D eigenvalue weighted by atomic mass is 10.2. The van der Waals surface area contributed by atoms with Gasteiger partial charge in [-0.2, -0.15) is 0 Å². The van der Waals surface area contributed by atoms with Crippen molar-refractivity contribution in [2.24, 2.45) is 0 Å². The highest BCUT2D eigenvalue weighted by Crippen LogP contribution is 2.33. The van der Waals surface area contributed by atoms with E-state index in [1.165, 1.54) is 22.3 Å². The van der Waals surface area contributed by atoms with Crippen molar-refractivity contribution < 1.29 is 18.3 Å². The second kappa shape index (κ2) is 6.78. The fourth-order valence-corrected chi connectivity index (χ4v) is 4.52. The predicted molar refractivity (Wildman–Crippen MR) is 94.5 cm³/mol. The molecule has 1 fully saturated rings. The number of hydrogen-bond acceptors (Lipinski definition) is 5. The van der Waals surface area contributed by atoms with Crippen molar-refractivity contribution in [1.82, 2.24) is 4.98 Å². The molecule has 0 radical (unpaired) electrons. The first-order valence-electron chi connectivity index (χ1n) is 7.84. The summed E-state index contributed by atoms with van der Waals surface area (Å²) in [7, 11) is 0.